The van der Waals surface area contributed by atoms with Crippen LogP contribution in [-0.4, -0.2) is 18.6 Å². The van der Waals surface area contributed by atoms with E-state index in [9.17, 15) is 0 Å². The van der Waals surface area contributed by atoms with Gasteiger partial charge in [-0.3, -0.25) is 0 Å². The van der Waals surface area contributed by atoms with E-state index in [0.717, 1.165) is 24.9 Å². The van der Waals surface area contributed by atoms with Gasteiger partial charge in [0, 0.05) is 18.8 Å². The summed E-state index contributed by atoms with van der Waals surface area (Å²) in [7, 11) is 0. The molecule has 0 aromatic heterocycles. The van der Waals surface area contributed by atoms with Crippen LogP contribution in [0, 0.1) is 11.8 Å². The number of nitrogens with zero attached hydrogens (tertiary/aromatic N) is 1. The summed E-state index contributed by atoms with van der Waals surface area (Å²) in [6, 6.07) is 8.90. The highest BCUT2D eigenvalue weighted by atomic mass is 15.2. The number of nitrogens with two attached hydrogens (primary N) is 1. The van der Waals surface area contributed by atoms with Crippen LogP contribution in [0.25, 0.3) is 0 Å². The molecule has 2 nitrogen and oxygen atoms in total. The zero-order valence-electron chi connectivity index (χ0n) is 12.9. The first-order valence-electron chi connectivity index (χ1n) is 8.22. The summed E-state index contributed by atoms with van der Waals surface area (Å²) >= 11 is 0. The SMILES string of the molecule is CC(C)C1CCCC(CN)(N2CCc3ccccc32)C1. The van der Waals surface area contributed by atoms with Gasteiger partial charge in [-0.1, -0.05) is 44.9 Å². The van der Waals surface area contributed by atoms with Crippen molar-refractivity contribution in [2.75, 3.05) is 18.0 Å². The van der Waals surface area contributed by atoms with Crippen LogP contribution in [0.3, 0.4) is 0 Å². The fourth-order valence-corrected chi connectivity index (χ4v) is 4.33. The zero-order chi connectivity index (χ0) is 14.2. The van der Waals surface area contributed by atoms with Crippen molar-refractivity contribution in [1.29, 1.82) is 0 Å². The van der Waals surface area contributed by atoms with Gasteiger partial charge < -0.3 is 10.6 Å². The van der Waals surface area contributed by atoms with Crippen molar-refractivity contribution in [2.45, 2.75) is 51.5 Å². The Hall–Kier alpha value is -1.02. The van der Waals surface area contributed by atoms with E-state index in [-0.39, 0.29) is 5.54 Å². The first kappa shape index (κ1) is 13.9. The predicted octanol–water partition coefficient (Wildman–Crippen LogP) is 3.59. The second kappa shape index (κ2) is 5.40. The Kier molecular flexibility index (Phi) is 3.76. The highest BCUT2D eigenvalue weighted by Crippen LogP contribution is 2.44. The molecule has 2 N–H and O–H groups in total. The van der Waals surface area contributed by atoms with Gasteiger partial charge in [-0.05, 0) is 42.7 Å². The average molecular weight is 272 g/mol. The van der Waals surface area contributed by atoms with Gasteiger partial charge in [-0.25, -0.2) is 0 Å². The number of benzene rings is 1. The fourth-order valence-electron chi connectivity index (χ4n) is 4.33. The molecule has 3 rings (SSSR count). The van der Waals surface area contributed by atoms with Crippen molar-refractivity contribution in [1.82, 2.24) is 0 Å². The Bertz CT molecular complexity index is 468. The molecule has 0 saturated heterocycles. The number of hydrogen-bond donors (Lipinski definition) is 1. The van der Waals surface area contributed by atoms with Gasteiger partial charge in [0.15, 0.2) is 0 Å². The van der Waals surface area contributed by atoms with Crippen LogP contribution in [0.4, 0.5) is 5.69 Å². The van der Waals surface area contributed by atoms with E-state index in [1.54, 1.807) is 0 Å². The minimum absolute atomic E-state index is 0.208. The molecule has 2 unspecified atom stereocenters. The zero-order valence-corrected chi connectivity index (χ0v) is 12.9. The molecular formula is C18H28N2. The molecule has 2 aliphatic rings. The first-order chi connectivity index (χ1) is 9.66. The lowest BCUT2D eigenvalue weighted by Crippen LogP contribution is -2.56. The monoisotopic (exact) mass is 272 g/mol. The summed E-state index contributed by atoms with van der Waals surface area (Å²) < 4.78 is 0. The molecule has 2 atom stereocenters. The van der Waals surface area contributed by atoms with E-state index in [1.165, 1.54) is 43.4 Å². The van der Waals surface area contributed by atoms with Crippen LogP contribution in [0.1, 0.15) is 45.1 Å². The molecule has 1 aliphatic carbocycles. The highest BCUT2D eigenvalue weighted by molar-refractivity contribution is 5.60. The predicted molar refractivity (Wildman–Crippen MR) is 86.1 cm³/mol. The summed E-state index contributed by atoms with van der Waals surface area (Å²) in [6.45, 7) is 6.69. The van der Waals surface area contributed by atoms with Crippen molar-refractivity contribution in [3.63, 3.8) is 0 Å². The maximum absolute atomic E-state index is 6.30. The van der Waals surface area contributed by atoms with Crippen LogP contribution in [-0.2, 0) is 6.42 Å². The van der Waals surface area contributed by atoms with E-state index in [4.69, 9.17) is 5.73 Å². The Morgan fingerprint density at radius 1 is 1.35 bits per heavy atom. The maximum Gasteiger partial charge on any atom is 0.0527 e. The Balaban J connectivity index is 1.90. The van der Waals surface area contributed by atoms with Gasteiger partial charge >= 0.3 is 0 Å². The number of rotatable bonds is 3. The topological polar surface area (TPSA) is 29.3 Å². The third kappa shape index (κ3) is 2.24. The second-order valence-electron chi connectivity index (χ2n) is 7.06. The molecule has 1 saturated carbocycles. The summed E-state index contributed by atoms with van der Waals surface area (Å²) in [6.07, 6.45) is 6.44. The molecule has 110 valence electrons. The van der Waals surface area contributed by atoms with E-state index < -0.39 is 0 Å². The third-order valence-electron chi connectivity index (χ3n) is 5.64. The van der Waals surface area contributed by atoms with E-state index in [1.807, 2.05) is 0 Å². The van der Waals surface area contributed by atoms with E-state index >= 15 is 0 Å². The van der Waals surface area contributed by atoms with Crippen molar-refractivity contribution < 1.29 is 0 Å². The highest BCUT2D eigenvalue weighted by Gasteiger charge is 2.42. The normalized spacial score (nSPS) is 29.8. The van der Waals surface area contributed by atoms with Gasteiger partial charge in [-0.15, -0.1) is 0 Å². The van der Waals surface area contributed by atoms with Gasteiger partial charge in [-0.2, -0.15) is 0 Å². The summed E-state index contributed by atoms with van der Waals surface area (Å²) in [5.74, 6) is 1.61. The lowest BCUT2D eigenvalue weighted by Gasteiger charge is -2.49. The van der Waals surface area contributed by atoms with Crippen LogP contribution in [0.15, 0.2) is 24.3 Å². The molecule has 2 heteroatoms. The van der Waals surface area contributed by atoms with Crippen molar-refractivity contribution in [2.24, 2.45) is 17.6 Å². The molecule has 1 aromatic carbocycles. The molecule has 1 fully saturated rings. The smallest absolute Gasteiger partial charge is 0.0527 e. The largest absolute Gasteiger partial charge is 0.364 e. The maximum atomic E-state index is 6.30. The van der Waals surface area contributed by atoms with Crippen molar-refractivity contribution in [3.05, 3.63) is 29.8 Å². The van der Waals surface area contributed by atoms with Crippen LogP contribution in [0.2, 0.25) is 0 Å². The summed E-state index contributed by atoms with van der Waals surface area (Å²) in [5, 5.41) is 0. The summed E-state index contributed by atoms with van der Waals surface area (Å²) in [5.41, 5.74) is 9.46. The average Bonchev–Trinajstić information content (AvgIpc) is 2.91. The molecule has 1 aliphatic heterocycles. The molecule has 1 heterocycles. The molecule has 0 bridgehead atoms. The molecular weight excluding hydrogens is 244 g/mol. The molecule has 20 heavy (non-hydrogen) atoms. The first-order valence-corrected chi connectivity index (χ1v) is 8.22. The van der Waals surface area contributed by atoms with Gasteiger partial charge in [0.25, 0.3) is 0 Å². The van der Waals surface area contributed by atoms with Gasteiger partial charge in [0.1, 0.15) is 0 Å². The third-order valence-corrected chi connectivity index (χ3v) is 5.64. The van der Waals surface area contributed by atoms with Gasteiger partial charge in [0.2, 0.25) is 0 Å². The number of para-hydroxylation sites is 1. The molecule has 0 radical (unpaired) electrons. The second-order valence-corrected chi connectivity index (χ2v) is 7.06. The minimum Gasteiger partial charge on any atom is -0.364 e. The number of anilines is 1. The Labute approximate surface area is 123 Å². The number of hydrogen-bond acceptors (Lipinski definition) is 2. The van der Waals surface area contributed by atoms with E-state index in [0.29, 0.717) is 0 Å². The molecule has 0 amide bonds. The van der Waals surface area contributed by atoms with E-state index in [2.05, 4.69) is 43.0 Å². The quantitative estimate of drug-likeness (QED) is 0.911. The van der Waals surface area contributed by atoms with Crippen molar-refractivity contribution >= 4 is 5.69 Å². The van der Waals surface area contributed by atoms with Crippen LogP contribution >= 0.6 is 0 Å². The fraction of sp³-hybridized carbons (Fsp3) is 0.667. The standard InChI is InChI=1S/C18H28N2/c1-14(2)16-7-5-10-18(12-16,13-19)20-11-9-15-6-3-4-8-17(15)20/h3-4,6,8,14,16H,5,7,9-13,19H2,1-2H3. The van der Waals surface area contributed by atoms with Crippen LogP contribution < -0.4 is 10.6 Å². The summed E-state index contributed by atoms with van der Waals surface area (Å²) in [4.78, 5) is 2.65. The Morgan fingerprint density at radius 3 is 2.90 bits per heavy atom. The lowest BCUT2D eigenvalue weighted by atomic mass is 9.71. The lowest BCUT2D eigenvalue weighted by molar-refractivity contribution is 0.180. The van der Waals surface area contributed by atoms with Crippen LogP contribution in [0.5, 0.6) is 0 Å². The van der Waals surface area contributed by atoms with Gasteiger partial charge in [0.05, 0.1) is 5.54 Å². The number of fused-ring (bicyclic) bond motifs is 1. The Morgan fingerprint density at radius 2 is 2.15 bits per heavy atom. The molecule has 0 spiro atoms. The van der Waals surface area contributed by atoms with Crippen molar-refractivity contribution in [3.8, 4) is 0 Å². The minimum atomic E-state index is 0.208. The molecule has 1 aromatic rings.